The van der Waals surface area contributed by atoms with Gasteiger partial charge in [0.25, 0.3) is 0 Å². The van der Waals surface area contributed by atoms with Crippen LogP contribution < -0.4 is 0 Å². The number of aliphatic hydroxyl groups excluding tert-OH is 1. The summed E-state index contributed by atoms with van der Waals surface area (Å²) in [6, 6.07) is -1.24. The first-order valence-electron chi connectivity index (χ1n) is 13.4. The van der Waals surface area contributed by atoms with Crippen molar-refractivity contribution in [3.63, 3.8) is 0 Å². The third-order valence-corrected chi connectivity index (χ3v) is 13.0. The molecule has 0 aromatic carbocycles. The van der Waals surface area contributed by atoms with E-state index in [4.69, 9.17) is 9.16 Å². The minimum atomic E-state index is -2.08. The van der Waals surface area contributed by atoms with Crippen molar-refractivity contribution < 1.29 is 23.9 Å². The number of likely N-dealkylation sites (tertiary alicyclic amines) is 1. The number of hydrogen-bond donors (Lipinski definition) is 1. The third kappa shape index (κ3) is 6.19. The maximum atomic E-state index is 14.0. The average Bonchev–Trinajstić information content (AvgIpc) is 3.45. The second-order valence-electron chi connectivity index (χ2n) is 12.5. The molecule has 0 spiro atoms. The lowest BCUT2D eigenvalue weighted by Crippen LogP contribution is -2.47. The highest BCUT2D eigenvalue weighted by Gasteiger charge is 2.47. The Hall–Kier alpha value is -1.78. The van der Waals surface area contributed by atoms with E-state index in [1.165, 1.54) is 7.11 Å². The van der Waals surface area contributed by atoms with Crippen molar-refractivity contribution in [1.29, 1.82) is 0 Å². The molecular formula is C26H46N4O5Si. The van der Waals surface area contributed by atoms with Gasteiger partial charge in [-0.1, -0.05) is 39.8 Å². The van der Waals surface area contributed by atoms with Gasteiger partial charge in [-0.2, -0.15) is 0 Å². The van der Waals surface area contributed by atoms with Crippen LogP contribution in [0.1, 0.15) is 84.4 Å². The van der Waals surface area contributed by atoms with E-state index >= 15 is 0 Å². The summed E-state index contributed by atoms with van der Waals surface area (Å²) in [6.45, 7) is 15.5. The molecule has 1 aromatic rings. The predicted octanol–water partition coefficient (Wildman–Crippen LogP) is 3.91. The molecule has 1 aliphatic carbocycles. The van der Waals surface area contributed by atoms with Crippen molar-refractivity contribution in [1.82, 2.24) is 19.9 Å². The average molecular weight is 523 g/mol. The van der Waals surface area contributed by atoms with E-state index in [0.29, 0.717) is 24.8 Å². The first-order chi connectivity index (χ1) is 16.8. The minimum Gasteiger partial charge on any atom is -0.467 e. The van der Waals surface area contributed by atoms with Crippen LogP contribution in [0.15, 0.2) is 6.20 Å². The van der Waals surface area contributed by atoms with Gasteiger partial charge >= 0.3 is 5.97 Å². The molecule has 204 valence electrons. The molecule has 36 heavy (non-hydrogen) atoms. The summed E-state index contributed by atoms with van der Waals surface area (Å²) in [5.74, 6) is 0.0553. The van der Waals surface area contributed by atoms with Crippen LogP contribution in [0, 0.1) is 11.8 Å². The molecule has 0 bridgehead atoms. The summed E-state index contributed by atoms with van der Waals surface area (Å²) in [7, 11) is -0.716. The van der Waals surface area contributed by atoms with Gasteiger partial charge in [0.05, 0.1) is 18.9 Å². The fourth-order valence-electron chi connectivity index (χ4n) is 5.21. The van der Waals surface area contributed by atoms with E-state index in [1.807, 2.05) is 20.0 Å². The molecule has 1 amide bonds. The number of aliphatic hydroxyl groups is 1. The van der Waals surface area contributed by atoms with Gasteiger partial charge in [0.15, 0.2) is 8.32 Å². The van der Waals surface area contributed by atoms with E-state index in [0.717, 1.165) is 31.4 Å². The molecule has 1 aliphatic heterocycles. The van der Waals surface area contributed by atoms with Gasteiger partial charge in [0.2, 0.25) is 5.91 Å². The third-order valence-electron chi connectivity index (χ3n) is 8.51. The summed E-state index contributed by atoms with van der Waals surface area (Å²) in [6.07, 6.45) is 6.02. The van der Waals surface area contributed by atoms with Crippen LogP contribution in [-0.4, -0.2) is 77.6 Å². The Morgan fingerprint density at radius 2 is 1.83 bits per heavy atom. The van der Waals surface area contributed by atoms with E-state index in [1.54, 1.807) is 9.58 Å². The fraction of sp³-hybridized carbons (Fsp3) is 0.846. The van der Waals surface area contributed by atoms with E-state index < -0.39 is 26.4 Å². The van der Waals surface area contributed by atoms with Crippen LogP contribution in [0.4, 0.5) is 0 Å². The highest BCUT2D eigenvalue weighted by atomic mass is 28.4. The van der Waals surface area contributed by atoms with Gasteiger partial charge in [0, 0.05) is 31.7 Å². The van der Waals surface area contributed by atoms with Crippen LogP contribution in [0.2, 0.25) is 18.1 Å². The second-order valence-corrected chi connectivity index (χ2v) is 17.2. The molecule has 1 N–H and O–H groups in total. The molecule has 9 nitrogen and oxygen atoms in total. The molecule has 3 rings (SSSR count). The van der Waals surface area contributed by atoms with Crippen molar-refractivity contribution in [3.8, 4) is 0 Å². The summed E-state index contributed by atoms with van der Waals surface area (Å²) in [5.41, 5.74) is 0.898. The molecule has 3 atom stereocenters. The molecule has 2 fully saturated rings. The lowest BCUT2D eigenvalue weighted by molar-refractivity contribution is -0.152. The SMILES string of the molecule is COC(=O)[C@@H]1C[C@@H](O[Si](C)(C)C(C)(C)C)CN1C(=O)[C@H](C(C)C)n1cc(C2CCC(CO)CC2)nn1. The molecule has 1 saturated carbocycles. The largest absolute Gasteiger partial charge is 0.467 e. The lowest BCUT2D eigenvalue weighted by atomic mass is 9.81. The summed E-state index contributed by atoms with van der Waals surface area (Å²) in [5, 5.41) is 18.3. The number of carbonyl (C=O) groups excluding carboxylic acids is 2. The normalized spacial score (nSPS) is 26.3. The van der Waals surface area contributed by atoms with Gasteiger partial charge in [-0.25, -0.2) is 9.48 Å². The lowest BCUT2D eigenvalue weighted by Gasteiger charge is -2.38. The number of methoxy groups -OCH3 is 1. The summed E-state index contributed by atoms with van der Waals surface area (Å²) in [4.78, 5) is 28.3. The van der Waals surface area contributed by atoms with Crippen molar-refractivity contribution in [2.24, 2.45) is 11.8 Å². The van der Waals surface area contributed by atoms with Crippen LogP contribution in [0.5, 0.6) is 0 Å². The molecule has 0 radical (unpaired) electrons. The maximum absolute atomic E-state index is 14.0. The summed E-state index contributed by atoms with van der Waals surface area (Å²) < 4.78 is 13.4. The number of aromatic nitrogens is 3. The maximum Gasteiger partial charge on any atom is 0.328 e. The smallest absolute Gasteiger partial charge is 0.328 e. The highest BCUT2D eigenvalue weighted by Crippen LogP contribution is 2.40. The molecule has 0 unspecified atom stereocenters. The van der Waals surface area contributed by atoms with Crippen LogP contribution in [-0.2, 0) is 18.8 Å². The zero-order chi connectivity index (χ0) is 26.8. The van der Waals surface area contributed by atoms with Gasteiger partial charge in [0.1, 0.15) is 12.1 Å². The zero-order valence-corrected chi connectivity index (χ0v) is 24.4. The van der Waals surface area contributed by atoms with Gasteiger partial charge in [-0.15, -0.1) is 5.10 Å². The first kappa shape index (κ1) is 28.8. The molecule has 2 heterocycles. The standard InChI is InChI=1S/C26H46N4O5Si/c1-17(2)23(30-15-21(27-28-30)19-11-9-18(16-31)10-12-19)24(32)29-14-20(13-22(29)25(33)34-6)35-36(7,8)26(3,4)5/h15,17-20,22-23,31H,9-14,16H2,1-8H3/t18?,19?,20-,22+,23+/m1/s1. The van der Waals surface area contributed by atoms with Crippen LogP contribution in [0.25, 0.3) is 0 Å². The monoisotopic (exact) mass is 522 g/mol. The fourth-order valence-corrected chi connectivity index (χ4v) is 6.56. The Morgan fingerprint density at radius 1 is 1.19 bits per heavy atom. The van der Waals surface area contributed by atoms with Gasteiger partial charge < -0.3 is 19.2 Å². The van der Waals surface area contributed by atoms with Gasteiger partial charge in [-0.3, -0.25) is 4.79 Å². The van der Waals surface area contributed by atoms with Crippen molar-refractivity contribution in [2.75, 3.05) is 20.3 Å². The second kappa shape index (κ2) is 11.3. The van der Waals surface area contributed by atoms with Crippen molar-refractivity contribution in [2.45, 2.75) is 109 Å². The Morgan fingerprint density at radius 3 is 2.36 bits per heavy atom. The van der Waals surface area contributed by atoms with Crippen LogP contribution >= 0.6 is 0 Å². The van der Waals surface area contributed by atoms with Crippen LogP contribution in [0.3, 0.4) is 0 Å². The quantitative estimate of drug-likeness (QED) is 0.407. The van der Waals surface area contributed by atoms with Crippen molar-refractivity contribution >= 4 is 20.2 Å². The molecular weight excluding hydrogens is 476 g/mol. The number of carbonyl (C=O) groups is 2. The number of hydrogen-bond acceptors (Lipinski definition) is 7. The minimum absolute atomic E-state index is 0.0269. The first-order valence-corrected chi connectivity index (χ1v) is 16.3. The Bertz CT molecular complexity index is 904. The van der Waals surface area contributed by atoms with Crippen molar-refractivity contribution in [3.05, 3.63) is 11.9 Å². The predicted molar refractivity (Wildman–Crippen MR) is 140 cm³/mol. The Kier molecular flexibility index (Phi) is 9.04. The molecule has 2 aliphatic rings. The number of amides is 1. The highest BCUT2D eigenvalue weighted by molar-refractivity contribution is 6.74. The summed E-state index contributed by atoms with van der Waals surface area (Å²) >= 11 is 0. The Balaban J connectivity index is 1.80. The number of ether oxygens (including phenoxy) is 1. The van der Waals surface area contributed by atoms with E-state index in [2.05, 4.69) is 44.2 Å². The zero-order valence-electron chi connectivity index (χ0n) is 23.4. The molecule has 1 saturated heterocycles. The topological polar surface area (TPSA) is 107 Å². The number of esters is 1. The van der Waals surface area contributed by atoms with E-state index in [9.17, 15) is 14.7 Å². The molecule has 1 aromatic heterocycles. The number of rotatable bonds is 8. The molecule has 10 heteroatoms. The van der Waals surface area contributed by atoms with Gasteiger partial charge in [-0.05, 0) is 55.7 Å². The number of nitrogens with zero attached hydrogens (tertiary/aromatic N) is 4. The van der Waals surface area contributed by atoms with E-state index in [-0.39, 0.29) is 29.6 Å². The Labute approximate surface area is 217 Å².